The summed E-state index contributed by atoms with van der Waals surface area (Å²) in [5, 5.41) is 0. The lowest BCUT2D eigenvalue weighted by molar-refractivity contribution is 0.261. The second kappa shape index (κ2) is 8.93. The molecule has 0 amide bonds. The third kappa shape index (κ3) is 5.24. The first-order valence-corrected chi connectivity index (χ1v) is 8.86. The summed E-state index contributed by atoms with van der Waals surface area (Å²) in [5.74, 6) is 2.10. The number of nitrogens with zero attached hydrogens (tertiary/aromatic N) is 1. The van der Waals surface area contributed by atoms with E-state index in [9.17, 15) is 0 Å². The van der Waals surface area contributed by atoms with Crippen molar-refractivity contribution in [3.05, 3.63) is 53.6 Å². The molecule has 0 aromatic heterocycles. The maximum atomic E-state index is 5.81. The minimum Gasteiger partial charge on any atom is -0.492 e. The summed E-state index contributed by atoms with van der Waals surface area (Å²) in [6, 6.07) is 8.72. The van der Waals surface area contributed by atoms with Crippen LogP contribution in [0.25, 0.3) is 0 Å². The molecule has 2 atom stereocenters. The molecule has 2 rings (SSSR count). The number of hydrogen-bond donors (Lipinski definition) is 0. The van der Waals surface area contributed by atoms with Gasteiger partial charge in [-0.15, -0.1) is 0 Å². The minimum atomic E-state index is 0.493. The van der Waals surface area contributed by atoms with Gasteiger partial charge in [-0.2, -0.15) is 0 Å². The van der Waals surface area contributed by atoms with Gasteiger partial charge in [0.2, 0.25) is 0 Å². The average molecular weight is 313 g/mol. The summed E-state index contributed by atoms with van der Waals surface area (Å²) in [6.07, 6.45) is 10.6. The topological polar surface area (TPSA) is 12.5 Å². The molecule has 1 aromatic rings. The number of rotatable bonds is 8. The van der Waals surface area contributed by atoms with E-state index in [1.54, 1.807) is 0 Å². The first-order valence-electron chi connectivity index (χ1n) is 8.86. The Bertz CT molecular complexity index is 527. The van der Waals surface area contributed by atoms with Crippen molar-refractivity contribution in [1.29, 1.82) is 0 Å². The molecule has 0 radical (unpaired) electrons. The number of benzene rings is 1. The van der Waals surface area contributed by atoms with E-state index in [1.807, 2.05) is 0 Å². The summed E-state index contributed by atoms with van der Waals surface area (Å²) >= 11 is 0. The molecule has 0 N–H and O–H groups in total. The lowest BCUT2D eigenvalue weighted by Crippen LogP contribution is -2.19. The van der Waals surface area contributed by atoms with Crippen LogP contribution in [0.4, 0.5) is 0 Å². The molecule has 1 aliphatic carbocycles. The maximum absolute atomic E-state index is 5.81. The predicted octanol–water partition coefficient (Wildman–Crippen LogP) is 5.03. The van der Waals surface area contributed by atoms with E-state index >= 15 is 0 Å². The van der Waals surface area contributed by atoms with Crippen molar-refractivity contribution in [3.63, 3.8) is 0 Å². The summed E-state index contributed by atoms with van der Waals surface area (Å²) in [5.41, 5.74) is 2.88. The van der Waals surface area contributed by atoms with Crippen LogP contribution in [0.15, 0.2) is 48.1 Å². The fourth-order valence-electron chi connectivity index (χ4n) is 3.07. The zero-order valence-electron chi connectivity index (χ0n) is 15.1. The van der Waals surface area contributed by atoms with Crippen molar-refractivity contribution in [2.75, 3.05) is 27.2 Å². The van der Waals surface area contributed by atoms with Crippen LogP contribution in [0.2, 0.25) is 0 Å². The maximum Gasteiger partial charge on any atom is 0.119 e. The summed E-state index contributed by atoms with van der Waals surface area (Å²) in [7, 11) is 4.13. The van der Waals surface area contributed by atoms with Crippen molar-refractivity contribution in [2.24, 2.45) is 5.92 Å². The Hall–Kier alpha value is -1.54. The van der Waals surface area contributed by atoms with E-state index in [1.165, 1.54) is 30.4 Å². The molecule has 23 heavy (non-hydrogen) atoms. The van der Waals surface area contributed by atoms with Crippen molar-refractivity contribution < 1.29 is 4.74 Å². The van der Waals surface area contributed by atoms with E-state index in [4.69, 9.17) is 4.74 Å². The standard InChI is InChI=1S/C21H31NO/c1-5-17(2)21(18-9-7-6-8-10-18)19-11-13-20(14-12-19)23-16-15-22(3)4/h7,9-14,17,21H,5-6,8,15-16H2,1-4H3. The molecule has 0 spiro atoms. The quantitative estimate of drug-likeness (QED) is 0.667. The fourth-order valence-corrected chi connectivity index (χ4v) is 3.07. The molecular formula is C21H31NO. The lowest BCUT2D eigenvalue weighted by Gasteiger charge is -2.26. The normalized spacial score (nSPS) is 17.0. The van der Waals surface area contributed by atoms with Crippen LogP contribution < -0.4 is 4.74 Å². The van der Waals surface area contributed by atoms with Crippen LogP contribution in [-0.2, 0) is 0 Å². The van der Waals surface area contributed by atoms with E-state index in [-0.39, 0.29) is 0 Å². The van der Waals surface area contributed by atoms with Crippen molar-refractivity contribution in [1.82, 2.24) is 4.90 Å². The number of likely N-dealkylation sites (N-methyl/N-ethyl adjacent to an activating group) is 1. The highest BCUT2D eigenvalue weighted by Gasteiger charge is 2.21. The van der Waals surface area contributed by atoms with Crippen LogP contribution in [-0.4, -0.2) is 32.1 Å². The molecule has 0 fully saturated rings. The molecule has 0 bridgehead atoms. The zero-order chi connectivity index (χ0) is 16.7. The highest BCUT2D eigenvalue weighted by atomic mass is 16.5. The van der Waals surface area contributed by atoms with Crippen molar-refractivity contribution in [2.45, 2.75) is 39.0 Å². The molecule has 0 heterocycles. The molecule has 1 aliphatic rings. The van der Waals surface area contributed by atoms with Gasteiger partial charge in [0.15, 0.2) is 0 Å². The van der Waals surface area contributed by atoms with Gasteiger partial charge in [-0.3, -0.25) is 0 Å². The number of ether oxygens (including phenoxy) is 1. The third-order valence-corrected chi connectivity index (χ3v) is 4.64. The molecular weight excluding hydrogens is 282 g/mol. The molecule has 126 valence electrons. The lowest BCUT2D eigenvalue weighted by atomic mass is 9.78. The SMILES string of the molecule is CCC(C)C(C1=CCCC=C1)c1ccc(OCCN(C)C)cc1. The largest absolute Gasteiger partial charge is 0.492 e. The molecule has 1 aromatic carbocycles. The first kappa shape index (κ1) is 17.8. The van der Waals surface area contributed by atoms with Gasteiger partial charge in [-0.05, 0) is 56.1 Å². The summed E-state index contributed by atoms with van der Waals surface area (Å²) in [6.45, 7) is 6.31. The Morgan fingerprint density at radius 2 is 1.87 bits per heavy atom. The Labute approximate surface area is 141 Å². The second-order valence-corrected chi connectivity index (χ2v) is 6.77. The van der Waals surface area contributed by atoms with E-state index < -0.39 is 0 Å². The summed E-state index contributed by atoms with van der Waals surface area (Å²) in [4.78, 5) is 2.13. The van der Waals surface area contributed by atoms with Crippen LogP contribution in [0.1, 0.15) is 44.6 Å². The number of hydrogen-bond acceptors (Lipinski definition) is 2. The molecule has 2 nitrogen and oxygen atoms in total. The van der Waals surface area contributed by atoms with Crippen LogP contribution >= 0.6 is 0 Å². The van der Waals surface area contributed by atoms with Gasteiger partial charge >= 0.3 is 0 Å². The Morgan fingerprint density at radius 1 is 1.13 bits per heavy atom. The van der Waals surface area contributed by atoms with Crippen LogP contribution in [0, 0.1) is 5.92 Å². The van der Waals surface area contributed by atoms with E-state index in [0.29, 0.717) is 11.8 Å². The van der Waals surface area contributed by atoms with Gasteiger partial charge in [0.25, 0.3) is 0 Å². The second-order valence-electron chi connectivity index (χ2n) is 6.77. The fraction of sp³-hybridized carbons (Fsp3) is 0.524. The van der Waals surface area contributed by atoms with Gasteiger partial charge in [0, 0.05) is 12.5 Å². The summed E-state index contributed by atoms with van der Waals surface area (Å²) < 4.78 is 5.81. The highest BCUT2D eigenvalue weighted by molar-refractivity contribution is 5.39. The Morgan fingerprint density at radius 3 is 2.43 bits per heavy atom. The smallest absolute Gasteiger partial charge is 0.119 e. The monoisotopic (exact) mass is 313 g/mol. The van der Waals surface area contributed by atoms with Gasteiger partial charge in [-0.25, -0.2) is 0 Å². The van der Waals surface area contributed by atoms with E-state index in [0.717, 1.165) is 18.9 Å². The Kier molecular flexibility index (Phi) is 6.91. The molecule has 0 saturated heterocycles. The van der Waals surface area contributed by atoms with Crippen molar-refractivity contribution >= 4 is 0 Å². The van der Waals surface area contributed by atoms with Gasteiger partial charge < -0.3 is 9.64 Å². The van der Waals surface area contributed by atoms with Gasteiger partial charge in [-0.1, -0.05) is 50.6 Å². The molecule has 2 unspecified atom stereocenters. The Balaban J connectivity index is 2.10. The van der Waals surface area contributed by atoms with Gasteiger partial charge in [0.1, 0.15) is 12.4 Å². The van der Waals surface area contributed by atoms with Crippen LogP contribution in [0.5, 0.6) is 5.75 Å². The molecule has 0 aliphatic heterocycles. The minimum absolute atomic E-state index is 0.493. The van der Waals surface area contributed by atoms with Crippen LogP contribution in [0.3, 0.4) is 0 Å². The predicted molar refractivity (Wildman–Crippen MR) is 99.1 cm³/mol. The van der Waals surface area contributed by atoms with E-state index in [2.05, 4.69) is 75.3 Å². The average Bonchev–Trinajstić information content (AvgIpc) is 2.57. The first-order chi connectivity index (χ1) is 11.1. The third-order valence-electron chi connectivity index (χ3n) is 4.64. The zero-order valence-corrected chi connectivity index (χ0v) is 15.1. The highest BCUT2D eigenvalue weighted by Crippen LogP contribution is 2.36. The molecule has 2 heteroatoms. The molecule has 0 saturated carbocycles. The van der Waals surface area contributed by atoms with Gasteiger partial charge in [0.05, 0.1) is 0 Å². The van der Waals surface area contributed by atoms with Crippen molar-refractivity contribution in [3.8, 4) is 5.75 Å². The number of allylic oxidation sites excluding steroid dienone is 4.